The van der Waals surface area contributed by atoms with E-state index in [0.29, 0.717) is 43.5 Å². The minimum atomic E-state index is -0.163. The van der Waals surface area contributed by atoms with Crippen molar-refractivity contribution in [2.24, 2.45) is 0 Å². The third kappa shape index (κ3) is 4.43. The van der Waals surface area contributed by atoms with E-state index >= 15 is 0 Å². The lowest BCUT2D eigenvalue weighted by atomic mass is 10.2. The number of carbonyl (C=O) groups excluding carboxylic acids is 1. The number of nitrogens with one attached hydrogen (secondary N) is 1. The number of benzene rings is 3. The van der Waals surface area contributed by atoms with Crippen molar-refractivity contribution in [3.8, 4) is 11.5 Å². The van der Waals surface area contributed by atoms with Gasteiger partial charge in [-0.3, -0.25) is 0 Å². The first kappa shape index (κ1) is 17.9. The molecule has 0 unspecified atom stereocenters. The highest BCUT2D eigenvalue weighted by Gasteiger charge is 2.17. The maximum absolute atomic E-state index is 13.0. The normalized spacial score (nSPS) is 12.3. The fourth-order valence-corrected chi connectivity index (χ4v) is 3.13. The number of nitrogens with zero attached hydrogens (tertiary/aromatic N) is 1. The fourth-order valence-electron chi connectivity index (χ4n) is 3.13. The van der Waals surface area contributed by atoms with E-state index in [2.05, 4.69) is 5.32 Å². The highest BCUT2D eigenvalue weighted by molar-refractivity contribution is 5.89. The molecule has 0 aromatic heterocycles. The van der Waals surface area contributed by atoms with E-state index < -0.39 is 0 Å². The smallest absolute Gasteiger partial charge is 0.322 e. The van der Waals surface area contributed by atoms with Gasteiger partial charge in [-0.25, -0.2) is 4.79 Å². The summed E-state index contributed by atoms with van der Waals surface area (Å²) in [7, 11) is 0. The lowest BCUT2D eigenvalue weighted by molar-refractivity contribution is 0.171. The average Bonchev–Trinajstić information content (AvgIpc) is 2.75. The van der Waals surface area contributed by atoms with E-state index in [1.165, 1.54) is 0 Å². The summed E-state index contributed by atoms with van der Waals surface area (Å²) in [4.78, 5) is 14.8. The summed E-state index contributed by atoms with van der Waals surface area (Å²) in [5.41, 5.74) is 2.84. The van der Waals surface area contributed by atoms with Crippen LogP contribution in [0.25, 0.3) is 0 Å². The number of hydrogen-bond acceptors (Lipinski definition) is 3. The van der Waals surface area contributed by atoms with Gasteiger partial charge < -0.3 is 19.7 Å². The molecular weight excluding hydrogens is 352 g/mol. The summed E-state index contributed by atoms with van der Waals surface area (Å²) in [5, 5.41) is 2.98. The Bertz CT molecular complexity index is 888. The van der Waals surface area contributed by atoms with Crippen molar-refractivity contribution in [2.45, 2.75) is 13.1 Å². The van der Waals surface area contributed by atoms with Gasteiger partial charge in [-0.1, -0.05) is 60.7 Å². The molecule has 0 fully saturated rings. The molecule has 0 aliphatic carbocycles. The number of carbonyl (C=O) groups is 1. The summed E-state index contributed by atoms with van der Waals surface area (Å²) in [6, 6.07) is 25.3. The Morgan fingerprint density at radius 2 is 1.36 bits per heavy atom. The standard InChI is InChI=1S/C23H22N2O3/c26-23(24-20-11-12-21-22(15-20)28-14-13-27-21)25(16-18-7-3-1-4-8-18)17-19-9-5-2-6-10-19/h1-12,15H,13-14,16-17H2,(H,24,26). The van der Waals surface area contributed by atoms with Gasteiger partial charge in [-0.05, 0) is 23.3 Å². The highest BCUT2D eigenvalue weighted by Crippen LogP contribution is 2.32. The van der Waals surface area contributed by atoms with Gasteiger partial charge in [0.1, 0.15) is 13.2 Å². The molecule has 2 amide bonds. The van der Waals surface area contributed by atoms with E-state index in [-0.39, 0.29) is 6.03 Å². The maximum atomic E-state index is 13.0. The number of urea groups is 1. The van der Waals surface area contributed by atoms with Crippen LogP contribution in [-0.2, 0) is 13.1 Å². The number of amides is 2. The van der Waals surface area contributed by atoms with Crippen LogP contribution in [0.15, 0.2) is 78.9 Å². The van der Waals surface area contributed by atoms with Crippen molar-refractivity contribution in [2.75, 3.05) is 18.5 Å². The second-order valence-corrected chi connectivity index (χ2v) is 6.62. The minimum absolute atomic E-state index is 0.163. The van der Waals surface area contributed by atoms with Crippen LogP contribution in [0.5, 0.6) is 11.5 Å². The Hall–Kier alpha value is -3.47. The summed E-state index contributed by atoms with van der Waals surface area (Å²) in [6.07, 6.45) is 0. The lowest BCUT2D eigenvalue weighted by Crippen LogP contribution is -2.34. The average molecular weight is 374 g/mol. The molecule has 4 rings (SSSR count). The summed E-state index contributed by atoms with van der Waals surface area (Å²) < 4.78 is 11.1. The largest absolute Gasteiger partial charge is 0.486 e. The van der Waals surface area contributed by atoms with Gasteiger partial charge in [0.2, 0.25) is 0 Å². The molecule has 5 heteroatoms. The van der Waals surface area contributed by atoms with E-state index in [4.69, 9.17) is 9.47 Å². The van der Waals surface area contributed by atoms with E-state index in [0.717, 1.165) is 11.1 Å². The predicted octanol–water partition coefficient (Wildman–Crippen LogP) is 4.69. The lowest BCUT2D eigenvalue weighted by Gasteiger charge is -2.24. The molecule has 0 radical (unpaired) electrons. The van der Waals surface area contributed by atoms with Crippen LogP contribution in [0.4, 0.5) is 10.5 Å². The van der Waals surface area contributed by atoms with Crippen LogP contribution in [-0.4, -0.2) is 24.1 Å². The highest BCUT2D eigenvalue weighted by atomic mass is 16.6. The van der Waals surface area contributed by atoms with Gasteiger partial charge in [0.05, 0.1) is 0 Å². The predicted molar refractivity (Wildman–Crippen MR) is 109 cm³/mol. The first-order valence-electron chi connectivity index (χ1n) is 9.31. The third-order valence-electron chi connectivity index (χ3n) is 4.51. The molecule has 0 spiro atoms. The quantitative estimate of drug-likeness (QED) is 0.705. The van der Waals surface area contributed by atoms with E-state index in [1.807, 2.05) is 72.8 Å². The SMILES string of the molecule is O=C(Nc1ccc2c(c1)OCCO2)N(Cc1ccccc1)Cc1ccccc1. The third-order valence-corrected chi connectivity index (χ3v) is 4.51. The number of rotatable bonds is 5. The van der Waals surface area contributed by atoms with Crippen LogP contribution in [0.3, 0.4) is 0 Å². The summed E-state index contributed by atoms with van der Waals surface area (Å²) >= 11 is 0. The van der Waals surface area contributed by atoms with Crippen molar-refractivity contribution < 1.29 is 14.3 Å². The Balaban J connectivity index is 1.52. The van der Waals surface area contributed by atoms with Gasteiger partial charge in [0.25, 0.3) is 0 Å². The summed E-state index contributed by atoms with van der Waals surface area (Å²) in [6.45, 7) is 2.09. The molecule has 0 saturated carbocycles. The molecular formula is C23H22N2O3. The second-order valence-electron chi connectivity index (χ2n) is 6.62. The van der Waals surface area contributed by atoms with Gasteiger partial charge in [0.15, 0.2) is 11.5 Å². The van der Waals surface area contributed by atoms with Gasteiger partial charge in [0, 0.05) is 24.8 Å². The minimum Gasteiger partial charge on any atom is -0.486 e. The van der Waals surface area contributed by atoms with Crippen LogP contribution >= 0.6 is 0 Å². The molecule has 1 heterocycles. The van der Waals surface area contributed by atoms with Crippen LogP contribution in [0, 0.1) is 0 Å². The molecule has 28 heavy (non-hydrogen) atoms. The molecule has 5 nitrogen and oxygen atoms in total. The van der Waals surface area contributed by atoms with E-state index in [1.54, 1.807) is 11.0 Å². The fraction of sp³-hybridized carbons (Fsp3) is 0.174. The molecule has 0 saturated heterocycles. The van der Waals surface area contributed by atoms with Crippen LogP contribution in [0.2, 0.25) is 0 Å². The number of anilines is 1. The number of ether oxygens (including phenoxy) is 2. The molecule has 3 aromatic carbocycles. The molecule has 3 aromatic rings. The summed E-state index contributed by atoms with van der Waals surface area (Å²) in [5.74, 6) is 1.36. The van der Waals surface area contributed by atoms with Crippen LogP contribution < -0.4 is 14.8 Å². The van der Waals surface area contributed by atoms with Crippen LogP contribution in [0.1, 0.15) is 11.1 Å². The Labute approximate surface area is 164 Å². The van der Waals surface area contributed by atoms with Gasteiger partial charge >= 0.3 is 6.03 Å². The van der Waals surface area contributed by atoms with E-state index in [9.17, 15) is 4.79 Å². The van der Waals surface area contributed by atoms with Crippen molar-refractivity contribution in [1.29, 1.82) is 0 Å². The van der Waals surface area contributed by atoms with Crippen molar-refractivity contribution in [3.05, 3.63) is 90.0 Å². The first-order valence-corrected chi connectivity index (χ1v) is 9.31. The Kier molecular flexibility index (Phi) is 5.43. The molecule has 1 N–H and O–H groups in total. The van der Waals surface area contributed by atoms with Crippen molar-refractivity contribution >= 4 is 11.7 Å². The number of fused-ring (bicyclic) bond motifs is 1. The topological polar surface area (TPSA) is 50.8 Å². The van der Waals surface area contributed by atoms with Crippen molar-refractivity contribution in [3.63, 3.8) is 0 Å². The molecule has 142 valence electrons. The molecule has 0 bridgehead atoms. The second kappa shape index (κ2) is 8.48. The molecule has 1 aliphatic rings. The number of hydrogen-bond donors (Lipinski definition) is 1. The Morgan fingerprint density at radius 3 is 1.96 bits per heavy atom. The zero-order chi connectivity index (χ0) is 19.2. The van der Waals surface area contributed by atoms with Gasteiger partial charge in [-0.2, -0.15) is 0 Å². The zero-order valence-corrected chi connectivity index (χ0v) is 15.5. The molecule has 1 aliphatic heterocycles. The Morgan fingerprint density at radius 1 is 0.786 bits per heavy atom. The maximum Gasteiger partial charge on any atom is 0.322 e. The first-order chi connectivity index (χ1) is 13.8. The molecule has 0 atom stereocenters. The monoisotopic (exact) mass is 374 g/mol. The van der Waals surface area contributed by atoms with Crippen molar-refractivity contribution in [1.82, 2.24) is 4.90 Å². The van der Waals surface area contributed by atoms with Gasteiger partial charge in [-0.15, -0.1) is 0 Å². The zero-order valence-electron chi connectivity index (χ0n) is 15.5.